The minimum atomic E-state index is -3.78. The Balaban J connectivity index is 0.779. The molecule has 0 radical (unpaired) electrons. The third kappa shape index (κ3) is 8.08. The molecule has 6 aromatic rings. The normalized spacial score (nSPS) is 15.9. The first kappa shape index (κ1) is 38.8. The lowest BCUT2D eigenvalue weighted by Crippen LogP contribution is -2.50. The number of piperazine rings is 2. The molecule has 2 aliphatic rings. The van der Waals surface area contributed by atoms with Gasteiger partial charge in [-0.3, -0.25) is 9.59 Å². The van der Waals surface area contributed by atoms with E-state index in [0.717, 1.165) is 0 Å². The van der Waals surface area contributed by atoms with E-state index in [2.05, 4.69) is 9.97 Å². The van der Waals surface area contributed by atoms with Gasteiger partial charge in [-0.2, -0.15) is 8.61 Å². The van der Waals surface area contributed by atoms with E-state index in [9.17, 15) is 26.4 Å². The van der Waals surface area contributed by atoms with Gasteiger partial charge in [0, 0.05) is 95.3 Å². The highest BCUT2D eigenvalue weighted by atomic mass is 35.5. The summed E-state index contributed by atoms with van der Waals surface area (Å²) in [6.07, 6.45) is 0. The summed E-state index contributed by atoms with van der Waals surface area (Å²) in [7, 11) is -7.69. The van der Waals surface area contributed by atoms with Crippen LogP contribution in [0.15, 0.2) is 107 Å². The first-order valence-corrected chi connectivity index (χ1v) is 21.6. The quantitative estimate of drug-likeness (QED) is 0.183. The lowest BCUT2D eigenvalue weighted by atomic mass is 10.1. The van der Waals surface area contributed by atoms with Crippen molar-refractivity contribution in [2.24, 2.45) is 0 Å². The van der Waals surface area contributed by atoms with Crippen molar-refractivity contribution in [2.75, 3.05) is 52.4 Å². The Hall–Kier alpha value is -5.04. The van der Waals surface area contributed by atoms with Gasteiger partial charge in [0.15, 0.2) is 0 Å². The zero-order valence-electron chi connectivity index (χ0n) is 30.2. The van der Waals surface area contributed by atoms with Crippen molar-refractivity contribution in [3.05, 3.63) is 118 Å². The van der Waals surface area contributed by atoms with Crippen LogP contribution in [0.5, 0.6) is 11.5 Å². The fourth-order valence-electron chi connectivity index (χ4n) is 6.89. The monoisotopic (exact) mass is 848 g/mol. The van der Waals surface area contributed by atoms with Crippen LogP contribution in [0.1, 0.15) is 20.7 Å². The summed E-state index contributed by atoms with van der Waals surface area (Å²) in [5.74, 6) is 0.522. The molecule has 8 rings (SSSR count). The number of carbonyl (C=O) groups is 2. The summed E-state index contributed by atoms with van der Waals surface area (Å²) in [6.45, 7) is 1.60. The van der Waals surface area contributed by atoms with Gasteiger partial charge in [-0.05, 0) is 97.1 Å². The van der Waals surface area contributed by atoms with Crippen LogP contribution in [0.3, 0.4) is 0 Å². The SMILES string of the molecule is O=C(c1ccc(OBOc2ccc(C(=O)N3CCN(S(=O)(=O)c4cc5cc(Cl)ccc5[nH]4)CC3)cc2)cc1)N1CCN(S(=O)(=O)c2cc3cc(Cl)ccc3[nH]2)CC1. The predicted octanol–water partition coefficient (Wildman–Crippen LogP) is 4.97. The highest BCUT2D eigenvalue weighted by Gasteiger charge is 2.33. The van der Waals surface area contributed by atoms with Crippen molar-refractivity contribution >= 4 is 84.6 Å². The Bertz CT molecular complexity index is 2510. The number of aromatic amines is 2. The van der Waals surface area contributed by atoms with Gasteiger partial charge in [-0.1, -0.05) is 23.2 Å². The van der Waals surface area contributed by atoms with Crippen molar-refractivity contribution < 1.29 is 35.7 Å². The molecular formula is C38H35BCl2N6O8S2. The van der Waals surface area contributed by atoms with E-state index in [0.29, 0.717) is 54.5 Å². The van der Waals surface area contributed by atoms with Gasteiger partial charge in [0.2, 0.25) is 0 Å². The van der Waals surface area contributed by atoms with Gasteiger partial charge in [0.1, 0.15) is 21.6 Å². The predicted molar refractivity (Wildman–Crippen MR) is 217 cm³/mol. The molecule has 19 heteroatoms. The Morgan fingerprint density at radius 3 is 1.26 bits per heavy atom. The van der Waals surface area contributed by atoms with Gasteiger partial charge >= 0.3 is 7.69 Å². The van der Waals surface area contributed by atoms with Crippen molar-refractivity contribution in [3.8, 4) is 11.5 Å². The third-order valence-electron chi connectivity index (χ3n) is 10.1. The minimum Gasteiger partial charge on any atom is -0.529 e. The summed E-state index contributed by atoms with van der Waals surface area (Å²) >= 11 is 12.1. The second-order valence-corrected chi connectivity index (χ2v) is 18.3. The molecule has 57 heavy (non-hydrogen) atoms. The van der Waals surface area contributed by atoms with E-state index in [4.69, 9.17) is 32.5 Å². The molecule has 2 amide bonds. The fraction of sp³-hybridized carbons (Fsp3) is 0.211. The number of nitrogens with one attached hydrogen (secondary N) is 2. The van der Waals surface area contributed by atoms with E-state index >= 15 is 0 Å². The van der Waals surface area contributed by atoms with Crippen molar-refractivity contribution in [3.63, 3.8) is 0 Å². The molecule has 294 valence electrons. The summed E-state index contributed by atoms with van der Waals surface area (Å²) in [6, 6.07) is 26.6. The standard InChI is InChI=1S/C38H35BCl2N6O8S2/c40-29-5-11-33-27(21-29)23-35(42-33)56(50,51)46-17-13-44(14-18-46)37(48)25-1-7-31(8-2-25)54-39-55-32-9-3-26(4-10-32)38(49)45-15-19-47(20-16-45)57(52,53)36-24-28-22-30(41)6-12-34(28)43-36/h1-12,21-24,39,42-43H,13-20H2. The van der Waals surface area contributed by atoms with Gasteiger partial charge in [-0.15, -0.1) is 0 Å². The zero-order chi connectivity index (χ0) is 39.9. The fourth-order valence-corrected chi connectivity index (χ4v) is 10.1. The molecule has 2 aromatic heterocycles. The van der Waals surface area contributed by atoms with Crippen molar-refractivity contribution in [1.29, 1.82) is 0 Å². The zero-order valence-corrected chi connectivity index (χ0v) is 33.4. The highest BCUT2D eigenvalue weighted by Crippen LogP contribution is 2.27. The Morgan fingerprint density at radius 2 is 0.895 bits per heavy atom. The van der Waals surface area contributed by atoms with Crippen LogP contribution >= 0.6 is 23.2 Å². The average Bonchev–Trinajstić information content (AvgIpc) is 3.86. The molecule has 0 unspecified atom stereocenters. The van der Waals surface area contributed by atoms with E-state index in [1.165, 1.54) is 8.61 Å². The number of halogens is 2. The van der Waals surface area contributed by atoms with Crippen molar-refractivity contribution in [1.82, 2.24) is 28.4 Å². The molecule has 2 aliphatic heterocycles. The minimum absolute atomic E-state index is 0.0832. The van der Waals surface area contributed by atoms with Crippen LogP contribution in [0.2, 0.25) is 10.0 Å². The number of amides is 2. The molecule has 0 atom stereocenters. The number of carbonyl (C=O) groups excluding carboxylic acids is 2. The molecule has 4 aromatic carbocycles. The number of H-pyrrole nitrogens is 2. The Labute approximate surface area is 339 Å². The molecule has 4 heterocycles. The van der Waals surface area contributed by atoms with E-state index in [1.54, 1.807) is 107 Å². The summed E-state index contributed by atoms with van der Waals surface area (Å²) in [4.78, 5) is 35.6. The number of fused-ring (bicyclic) bond motifs is 2. The molecule has 2 N–H and O–H groups in total. The van der Waals surface area contributed by atoms with Gasteiger partial charge in [0.25, 0.3) is 31.9 Å². The molecule has 0 bridgehead atoms. The summed E-state index contributed by atoms with van der Waals surface area (Å²) in [5, 5.41) is 2.60. The van der Waals surface area contributed by atoms with Crippen LogP contribution in [-0.4, -0.2) is 117 Å². The molecule has 2 saturated heterocycles. The molecule has 2 fully saturated rings. The van der Waals surface area contributed by atoms with Crippen LogP contribution in [0.4, 0.5) is 0 Å². The number of benzene rings is 4. The van der Waals surface area contributed by atoms with Crippen LogP contribution in [0.25, 0.3) is 21.8 Å². The summed E-state index contributed by atoms with van der Waals surface area (Å²) in [5.41, 5.74) is 2.22. The topological polar surface area (TPSA) is 165 Å². The second kappa shape index (κ2) is 15.7. The van der Waals surface area contributed by atoms with Gasteiger partial charge in [-0.25, -0.2) is 16.8 Å². The highest BCUT2D eigenvalue weighted by molar-refractivity contribution is 7.89. The molecule has 0 aliphatic carbocycles. The number of hydrogen-bond donors (Lipinski definition) is 2. The van der Waals surface area contributed by atoms with Gasteiger partial charge < -0.3 is 29.1 Å². The van der Waals surface area contributed by atoms with E-state index in [1.807, 2.05) is 0 Å². The van der Waals surface area contributed by atoms with Crippen LogP contribution in [0, 0.1) is 0 Å². The van der Waals surface area contributed by atoms with Crippen molar-refractivity contribution in [2.45, 2.75) is 10.1 Å². The number of rotatable bonds is 10. The largest absolute Gasteiger partial charge is 0.576 e. The average molecular weight is 850 g/mol. The van der Waals surface area contributed by atoms with E-state index < -0.39 is 20.0 Å². The maximum absolute atomic E-state index is 13.3. The molecule has 0 spiro atoms. The maximum atomic E-state index is 13.3. The first-order valence-electron chi connectivity index (χ1n) is 18.0. The summed E-state index contributed by atoms with van der Waals surface area (Å²) < 4.78 is 67.4. The third-order valence-corrected chi connectivity index (χ3v) is 14.2. The Morgan fingerprint density at radius 1 is 0.526 bits per heavy atom. The number of aromatic nitrogens is 2. The van der Waals surface area contributed by atoms with Gasteiger partial charge in [0.05, 0.1) is 0 Å². The lowest BCUT2D eigenvalue weighted by molar-refractivity contribution is 0.0691. The lowest BCUT2D eigenvalue weighted by Gasteiger charge is -2.33. The first-order chi connectivity index (χ1) is 27.3. The molecular weight excluding hydrogens is 814 g/mol. The Kier molecular flexibility index (Phi) is 10.7. The second-order valence-electron chi connectivity index (χ2n) is 13.6. The number of hydrogen-bond acceptors (Lipinski definition) is 8. The number of sulfonamides is 2. The smallest absolute Gasteiger partial charge is 0.529 e. The van der Waals surface area contributed by atoms with Crippen LogP contribution in [-0.2, 0) is 20.0 Å². The van der Waals surface area contributed by atoms with E-state index in [-0.39, 0.29) is 81.9 Å². The number of nitrogens with zero attached hydrogens (tertiary/aromatic N) is 4. The van der Waals surface area contributed by atoms with Crippen LogP contribution < -0.4 is 9.31 Å². The maximum Gasteiger partial charge on any atom is 0.576 e. The molecule has 14 nitrogen and oxygen atoms in total. The molecule has 0 saturated carbocycles.